The fourth-order valence-corrected chi connectivity index (χ4v) is 4.37. The van der Waals surface area contributed by atoms with Gasteiger partial charge in [0, 0.05) is 11.6 Å². The fourth-order valence-electron chi connectivity index (χ4n) is 2.88. The topological polar surface area (TPSA) is 77.8 Å². The van der Waals surface area contributed by atoms with Gasteiger partial charge in [0.05, 0.1) is 18.0 Å². The Morgan fingerprint density at radius 2 is 1.59 bits per heavy atom. The van der Waals surface area contributed by atoms with Crippen molar-refractivity contribution in [2.45, 2.75) is 29.3 Å². The van der Waals surface area contributed by atoms with Crippen molar-refractivity contribution < 1.29 is 45.0 Å². The van der Waals surface area contributed by atoms with E-state index in [1.54, 1.807) is 6.07 Å². The summed E-state index contributed by atoms with van der Waals surface area (Å²) < 4.78 is 104. The van der Waals surface area contributed by atoms with Crippen LogP contribution in [0.4, 0.5) is 26.3 Å². The smallest absolute Gasteiger partial charge is 0.394 e. The van der Waals surface area contributed by atoms with Crippen molar-refractivity contribution in [3.8, 4) is 0 Å². The lowest BCUT2D eigenvalue weighted by Gasteiger charge is -2.38. The van der Waals surface area contributed by atoms with E-state index in [4.69, 9.17) is 0 Å². The van der Waals surface area contributed by atoms with Crippen LogP contribution in [-0.4, -0.2) is 54.0 Å². The minimum atomic E-state index is -5.99. The number of sulfonamides is 1. The standard InChI is InChI=1S/C17H17F6NO4S/c18-16(19,20)15(26,17(21,22)23)12-6-8-13(9-7-12)24(10-11-25)29(27,28)14-4-2-1-3-5-14/h1-6,8-9,12,25-26H,7,10-11H2/t12-/m0/s1. The number of benzene rings is 1. The highest BCUT2D eigenvalue weighted by molar-refractivity contribution is 7.89. The number of rotatable bonds is 6. The first kappa shape index (κ1) is 23.2. The highest BCUT2D eigenvalue weighted by Gasteiger charge is 2.73. The molecule has 12 heteroatoms. The van der Waals surface area contributed by atoms with E-state index >= 15 is 0 Å². The molecule has 1 atom stereocenters. The molecule has 0 saturated heterocycles. The zero-order chi connectivity index (χ0) is 22.1. The van der Waals surface area contributed by atoms with Gasteiger partial charge in [-0.3, -0.25) is 4.31 Å². The molecule has 0 fully saturated rings. The third kappa shape index (κ3) is 4.28. The number of aliphatic hydroxyl groups is 2. The fraction of sp³-hybridized carbons (Fsp3) is 0.412. The zero-order valence-electron chi connectivity index (χ0n) is 14.7. The van der Waals surface area contributed by atoms with E-state index in [1.165, 1.54) is 24.3 Å². The number of nitrogens with zero attached hydrogens (tertiary/aromatic N) is 1. The summed E-state index contributed by atoms with van der Waals surface area (Å²) in [7, 11) is -4.23. The van der Waals surface area contributed by atoms with Gasteiger partial charge in [-0.25, -0.2) is 8.42 Å². The molecule has 0 aliphatic heterocycles. The molecule has 0 heterocycles. The predicted molar refractivity (Wildman–Crippen MR) is 89.8 cm³/mol. The number of hydrogen-bond acceptors (Lipinski definition) is 4. The van der Waals surface area contributed by atoms with Crippen LogP contribution in [0.3, 0.4) is 0 Å². The van der Waals surface area contributed by atoms with Gasteiger partial charge in [0.25, 0.3) is 15.6 Å². The van der Waals surface area contributed by atoms with Crippen LogP contribution >= 0.6 is 0 Å². The van der Waals surface area contributed by atoms with Crippen molar-refractivity contribution >= 4 is 10.0 Å². The van der Waals surface area contributed by atoms with Crippen LogP contribution in [0.2, 0.25) is 0 Å². The second-order valence-corrected chi connectivity index (χ2v) is 8.07. The first-order chi connectivity index (χ1) is 13.3. The van der Waals surface area contributed by atoms with Gasteiger partial charge in [0.15, 0.2) is 0 Å². The molecule has 162 valence electrons. The molecule has 5 nitrogen and oxygen atoms in total. The maximum absolute atomic E-state index is 13.0. The highest BCUT2D eigenvalue weighted by Crippen LogP contribution is 2.50. The van der Waals surface area contributed by atoms with Gasteiger partial charge in [-0.05, 0) is 24.6 Å². The van der Waals surface area contributed by atoms with Crippen LogP contribution in [0.15, 0.2) is 59.2 Å². The molecule has 29 heavy (non-hydrogen) atoms. The average Bonchev–Trinajstić information content (AvgIpc) is 2.64. The molecule has 0 unspecified atom stereocenters. The summed E-state index contributed by atoms with van der Waals surface area (Å²) in [6, 6.07) is 6.91. The SMILES string of the molecule is O=S(=O)(c1ccccc1)N(CCO)C1=CC[C@@H](C(O)(C(F)(F)F)C(F)(F)F)C=C1. The van der Waals surface area contributed by atoms with Crippen LogP contribution < -0.4 is 0 Å². The molecule has 0 saturated carbocycles. The molecule has 0 aromatic heterocycles. The highest BCUT2D eigenvalue weighted by atomic mass is 32.2. The van der Waals surface area contributed by atoms with Crippen LogP contribution in [0.5, 0.6) is 0 Å². The lowest BCUT2D eigenvalue weighted by Crippen LogP contribution is -2.61. The quantitative estimate of drug-likeness (QED) is 0.661. The van der Waals surface area contributed by atoms with E-state index in [0.29, 0.717) is 10.4 Å². The van der Waals surface area contributed by atoms with Gasteiger partial charge in [-0.15, -0.1) is 0 Å². The van der Waals surface area contributed by atoms with Crippen molar-refractivity contribution in [1.82, 2.24) is 4.31 Å². The van der Waals surface area contributed by atoms with E-state index in [1.807, 2.05) is 0 Å². The van der Waals surface area contributed by atoms with Gasteiger partial charge in [-0.2, -0.15) is 26.3 Å². The van der Waals surface area contributed by atoms with E-state index in [0.717, 1.165) is 12.2 Å². The number of allylic oxidation sites excluding steroid dienone is 2. The Bertz CT molecular complexity index is 863. The lowest BCUT2D eigenvalue weighted by atomic mass is 9.81. The van der Waals surface area contributed by atoms with Crippen molar-refractivity contribution in [1.29, 1.82) is 0 Å². The number of halogens is 6. The summed E-state index contributed by atoms with van der Waals surface area (Å²) in [4.78, 5) is -0.174. The molecule has 1 aliphatic rings. The molecule has 1 aromatic rings. The zero-order valence-corrected chi connectivity index (χ0v) is 15.5. The van der Waals surface area contributed by atoms with E-state index in [-0.39, 0.29) is 10.6 Å². The van der Waals surface area contributed by atoms with Gasteiger partial charge < -0.3 is 10.2 Å². The monoisotopic (exact) mass is 445 g/mol. The summed E-state index contributed by atoms with van der Waals surface area (Å²) in [5.74, 6) is -2.40. The second kappa shape index (κ2) is 8.00. The molecule has 1 aliphatic carbocycles. The first-order valence-corrected chi connectivity index (χ1v) is 9.63. The summed E-state index contributed by atoms with van der Waals surface area (Å²) in [5, 5.41) is 18.7. The van der Waals surface area contributed by atoms with Crippen molar-refractivity contribution in [2.24, 2.45) is 5.92 Å². The lowest BCUT2D eigenvalue weighted by molar-refractivity contribution is -0.380. The summed E-state index contributed by atoms with van der Waals surface area (Å²) in [6.07, 6.45) is -10.8. The molecule has 0 spiro atoms. The number of aliphatic hydroxyl groups excluding tert-OH is 1. The number of alkyl halides is 6. The molecule has 0 bridgehead atoms. The van der Waals surface area contributed by atoms with Crippen molar-refractivity contribution in [2.75, 3.05) is 13.2 Å². The Morgan fingerprint density at radius 3 is 2.00 bits per heavy atom. The van der Waals surface area contributed by atoms with Crippen molar-refractivity contribution in [3.05, 3.63) is 54.3 Å². The Morgan fingerprint density at radius 1 is 1.03 bits per heavy atom. The Balaban J connectivity index is 2.39. The van der Waals surface area contributed by atoms with Gasteiger partial charge in [0.2, 0.25) is 0 Å². The average molecular weight is 445 g/mol. The van der Waals surface area contributed by atoms with Crippen LogP contribution in [0, 0.1) is 5.92 Å². The summed E-state index contributed by atoms with van der Waals surface area (Å²) >= 11 is 0. The van der Waals surface area contributed by atoms with Crippen LogP contribution in [-0.2, 0) is 10.0 Å². The molecule has 0 radical (unpaired) electrons. The Kier molecular flexibility index (Phi) is 6.40. The van der Waals surface area contributed by atoms with E-state index < -0.39 is 53.5 Å². The van der Waals surface area contributed by atoms with E-state index in [2.05, 4.69) is 0 Å². The first-order valence-electron chi connectivity index (χ1n) is 8.19. The summed E-state index contributed by atoms with van der Waals surface area (Å²) in [5.41, 5.74) is -5.20. The normalized spacial score (nSPS) is 18.5. The van der Waals surface area contributed by atoms with Crippen LogP contribution in [0.25, 0.3) is 0 Å². The molecule has 1 aromatic carbocycles. The molecule has 2 N–H and O–H groups in total. The maximum atomic E-state index is 13.0. The number of hydrogen-bond donors (Lipinski definition) is 2. The minimum Gasteiger partial charge on any atom is -0.394 e. The predicted octanol–water partition coefficient (Wildman–Crippen LogP) is 2.99. The Hall–Kier alpha value is -2.05. The maximum Gasteiger partial charge on any atom is 0.426 e. The third-order valence-corrected chi connectivity index (χ3v) is 6.25. The molecule has 0 amide bonds. The summed E-state index contributed by atoms with van der Waals surface area (Å²) in [6.45, 7) is -1.11. The molecular weight excluding hydrogens is 428 g/mol. The largest absolute Gasteiger partial charge is 0.426 e. The Labute approximate surface area is 162 Å². The minimum absolute atomic E-state index is 0.174. The van der Waals surface area contributed by atoms with E-state index in [9.17, 15) is 45.0 Å². The van der Waals surface area contributed by atoms with Gasteiger partial charge in [0.1, 0.15) is 0 Å². The molecular formula is C17H17F6NO4S. The van der Waals surface area contributed by atoms with Gasteiger partial charge in [-0.1, -0.05) is 30.4 Å². The third-order valence-electron chi connectivity index (χ3n) is 4.40. The second-order valence-electron chi connectivity index (χ2n) is 6.21. The van der Waals surface area contributed by atoms with Gasteiger partial charge >= 0.3 is 12.4 Å². The van der Waals surface area contributed by atoms with Crippen LogP contribution in [0.1, 0.15) is 6.42 Å². The van der Waals surface area contributed by atoms with Crippen molar-refractivity contribution in [3.63, 3.8) is 0 Å². The molecule has 2 rings (SSSR count).